The number of hydrogen-bond acceptors (Lipinski definition) is 5. The second-order valence-electron chi connectivity index (χ2n) is 14.3. The average molecular weight is 653 g/mol. The minimum absolute atomic E-state index is 0.130. The fraction of sp³-hybridized carbons (Fsp3) is 0.450. The van der Waals surface area contributed by atoms with Gasteiger partial charge in [-0.05, 0) is 68.7 Å². The van der Waals surface area contributed by atoms with Crippen LogP contribution in [0.15, 0.2) is 71.2 Å². The van der Waals surface area contributed by atoms with Crippen LogP contribution in [0.25, 0.3) is 0 Å². The summed E-state index contributed by atoms with van der Waals surface area (Å²) >= 11 is 0. The summed E-state index contributed by atoms with van der Waals surface area (Å²) in [7, 11) is 0. The molecule has 0 saturated heterocycles. The van der Waals surface area contributed by atoms with E-state index >= 15 is 0 Å². The molecular weight excluding hydrogens is 604 g/mol. The zero-order valence-corrected chi connectivity index (χ0v) is 29.1. The standard InChI is InChI=1S/C40H48N2O6/c1-7-9-11-13-19-41-31-17-15-25(37(45)46)21-29(31)39(3,4)33(41)23-27-35(43)28(36(27)44)24-34-40(5,6)30-22-26(38(47)48)16-18-32(30)42(34)20-14-12-10-8-2/h15-18,21-24H,7-14,19-20H2,1-6H3,(H2-,43,44,45,46,47,48). The molecule has 0 atom stereocenters. The summed E-state index contributed by atoms with van der Waals surface area (Å²) < 4.78 is 2.15. The molecule has 8 nitrogen and oxygen atoms in total. The first-order valence-corrected chi connectivity index (χ1v) is 17.3. The van der Waals surface area contributed by atoms with Gasteiger partial charge in [-0.15, -0.1) is 0 Å². The lowest BCUT2D eigenvalue weighted by molar-refractivity contribution is -0.438. The van der Waals surface area contributed by atoms with Gasteiger partial charge in [0.25, 0.3) is 0 Å². The molecule has 0 spiro atoms. The van der Waals surface area contributed by atoms with Crippen molar-refractivity contribution in [3.63, 3.8) is 0 Å². The fourth-order valence-electron chi connectivity index (χ4n) is 7.38. The van der Waals surface area contributed by atoms with E-state index in [0.29, 0.717) is 13.1 Å². The van der Waals surface area contributed by atoms with Crippen LogP contribution < -0.4 is 10.0 Å². The highest BCUT2D eigenvalue weighted by Gasteiger charge is 2.46. The monoisotopic (exact) mass is 652 g/mol. The Morgan fingerprint density at radius 1 is 0.812 bits per heavy atom. The molecule has 0 saturated carbocycles. The van der Waals surface area contributed by atoms with Gasteiger partial charge in [0.2, 0.25) is 5.69 Å². The lowest BCUT2D eigenvalue weighted by Gasteiger charge is -2.33. The largest absolute Gasteiger partial charge is 0.871 e. The summed E-state index contributed by atoms with van der Waals surface area (Å²) in [6, 6.07) is 10.3. The summed E-state index contributed by atoms with van der Waals surface area (Å²) in [6.45, 7) is 13.8. The Bertz CT molecular complexity index is 1790. The number of carboxylic acids is 2. The first kappa shape index (κ1) is 34.9. The predicted octanol–water partition coefficient (Wildman–Crippen LogP) is 7.43. The Labute approximate surface area is 283 Å². The third-order valence-electron chi connectivity index (χ3n) is 10.3. The molecule has 2 aromatic rings. The van der Waals surface area contributed by atoms with E-state index in [-0.39, 0.29) is 33.8 Å². The van der Waals surface area contributed by atoms with Crippen LogP contribution in [-0.2, 0) is 15.6 Å². The van der Waals surface area contributed by atoms with Crippen molar-refractivity contribution in [3.05, 3.63) is 93.4 Å². The van der Waals surface area contributed by atoms with Gasteiger partial charge in [0, 0.05) is 58.6 Å². The molecule has 5 rings (SSSR count). The molecule has 0 aromatic heterocycles. The van der Waals surface area contributed by atoms with Gasteiger partial charge in [-0.3, -0.25) is 4.79 Å². The van der Waals surface area contributed by atoms with Crippen molar-refractivity contribution >= 4 is 34.8 Å². The van der Waals surface area contributed by atoms with Gasteiger partial charge in [0.05, 0.1) is 16.5 Å². The highest BCUT2D eigenvalue weighted by Crippen LogP contribution is 2.49. The van der Waals surface area contributed by atoms with Crippen molar-refractivity contribution in [2.24, 2.45) is 0 Å². The molecule has 8 heteroatoms. The summed E-state index contributed by atoms with van der Waals surface area (Å²) in [5, 5.41) is 33.2. The maximum atomic E-state index is 13.8. The molecule has 2 aromatic carbocycles. The molecule has 1 aliphatic carbocycles. The third-order valence-corrected chi connectivity index (χ3v) is 10.3. The molecule has 0 unspecified atom stereocenters. The third kappa shape index (κ3) is 6.13. The molecule has 0 radical (unpaired) electrons. The van der Waals surface area contributed by atoms with Crippen LogP contribution in [0.4, 0.5) is 11.4 Å². The van der Waals surface area contributed by atoms with Crippen molar-refractivity contribution in [3.8, 4) is 0 Å². The topological polar surface area (TPSA) is 121 Å². The Balaban J connectivity index is 1.56. The van der Waals surface area contributed by atoms with E-state index in [4.69, 9.17) is 0 Å². The van der Waals surface area contributed by atoms with Crippen LogP contribution in [0.2, 0.25) is 0 Å². The van der Waals surface area contributed by atoms with E-state index in [0.717, 1.165) is 85.3 Å². The average Bonchev–Trinajstić information content (AvgIpc) is 3.39. The second-order valence-corrected chi connectivity index (χ2v) is 14.3. The number of anilines is 1. The lowest BCUT2D eigenvalue weighted by Crippen LogP contribution is -2.35. The maximum absolute atomic E-state index is 13.8. The number of hydrogen-bond donors (Lipinski definition) is 2. The van der Waals surface area contributed by atoms with E-state index in [1.54, 1.807) is 36.4 Å². The van der Waals surface area contributed by atoms with Crippen LogP contribution in [0.1, 0.15) is 125 Å². The lowest BCUT2D eigenvalue weighted by atomic mass is 9.77. The van der Waals surface area contributed by atoms with Crippen LogP contribution in [0.5, 0.6) is 0 Å². The van der Waals surface area contributed by atoms with Gasteiger partial charge < -0.3 is 20.2 Å². The molecule has 48 heavy (non-hydrogen) atoms. The molecular formula is C40H48N2O6. The molecule has 2 heterocycles. The number of benzene rings is 2. The molecule has 0 bridgehead atoms. The Morgan fingerprint density at radius 2 is 1.42 bits per heavy atom. The Kier molecular flexibility index (Phi) is 9.86. The number of carbonyl (C=O) groups is 3. The van der Waals surface area contributed by atoms with Crippen molar-refractivity contribution in [1.82, 2.24) is 0 Å². The molecule has 254 valence electrons. The van der Waals surface area contributed by atoms with Gasteiger partial charge >= 0.3 is 11.9 Å². The number of nitrogens with zero attached hydrogens (tertiary/aromatic N) is 2. The first-order valence-electron chi connectivity index (χ1n) is 17.3. The van der Waals surface area contributed by atoms with Crippen LogP contribution in [0.3, 0.4) is 0 Å². The number of fused-ring (bicyclic) bond motifs is 2. The molecule has 2 N–H and O–H groups in total. The summed E-state index contributed by atoms with van der Waals surface area (Å²) in [6.07, 6.45) is 11.8. The Hall–Kier alpha value is -4.46. The number of carbonyl (C=O) groups excluding carboxylic acids is 1. The maximum Gasteiger partial charge on any atom is 0.335 e. The van der Waals surface area contributed by atoms with Crippen molar-refractivity contribution < 1.29 is 34.3 Å². The quantitative estimate of drug-likeness (QED) is 0.124. The number of unbranched alkanes of at least 4 members (excludes halogenated alkanes) is 6. The van der Waals surface area contributed by atoms with Crippen LogP contribution >= 0.6 is 0 Å². The Morgan fingerprint density at radius 3 is 2.02 bits per heavy atom. The van der Waals surface area contributed by atoms with Gasteiger partial charge in [-0.1, -0.05) is 65.6 Å². The summed E-state index contributed by atoms with van der Waals surface area (Å²) in [5.74, 6) is -2.62. The van der Waals surface area contributed by atoms with Crippen molar-refractivity contribution in [2.75, 3.05) is 18.0 Å². The number of ketones is 1. The molecule has 3 aliphatic rings. The number of carboxylic acid groups (broad SMARTS) is 2. The van der Waals surface area contributed by atoms with Gasteiger partial charge in [-0.25, -0.2) is 9.59 Å². The van der Waals surface area contributed by atoms with Crippen LogP contribution in [-0.4, -0.2) is 51.3 Å². The molecule has 2 aliphatic heterocycles. The van der Waals surface area contributed by atoms with Crippen molar-refractivity contribution in [1.29, 1.82) is 0 Å². The first-order chi connectivity index (χ1) is 22.7. The second kappa shape index (κ2) is 13.6. The summed E-state index contributed by atoms with van der Waals surface area (Å²) in [4.78, 5) is 39.6. The molecule has 0 amide bonds. The highest BCUT2D eigenvalue weighted by atomic mass is 16.4. The van der Waals surface area contributed by atoms with E-state index in [9.17, 15) is 29.7 Å². The van der Waals surface area contributed by atoms with Gasteiger partial charge in [0.15, 0.2) is 11.5 Å². The van der Waals surface area contributed by atoms with Crippen LogP contribution in [0, 0.1) is 0 Å². The normalized spacial score (nSPS) is 19.3. The van der Waals surface area contributed by atoms with Crippen molar-refractivity contribution in [2.45, 2.75) is 104 Å². The van der Waals surface area contributed by atoms with E-state index < -0.39 is 22.8 Å². The number of Topliss-reactive ketones (excluding diaryl/α,β-unsaturated/α-hetero) is 1. The smallest absolute Gasteiger partial charge is 0.335 e. The highest BCUT2D eigenvalue weighted by molar-refractivity contribution is 6.24. The summed E-state index contributed by atoms with van der Waals surface area (Å²) in [5.41, 5.74) is 4.58. The van der Waals surface area contributed by atoms with E-state index in [1.165, 1.54) is 0 Å². The minimum Gasteiger partial charge on any atom is -0.871 e. The van der Waals surface area contributed by atoms with Gasteiger partial charge in [0.1, 0.15) is 6.54 Å². The fourth-order valence-corrected chi connectivity index (χ4v) is 7.38. The minimum atomic E-state index is -0.998. The molecule has 0 fully saturated rings. The zero-order chi connectivity index (χ0) is 35.0. The number of rotatable bonds is 14. The predicted molar refractivity (Wildman–Crippen MR) is 186 cm³/mol. The van der Waals surface area contributed by atoms with Gasteiger partial charge in [-0.2, -0.15) is 4.58 Å². The van der Waals surface area contributed by atoms with E-state index in [1.807, 2.05) is 39.8 Å². The SMILES string of the molecule is CCCCCCN1/C(=C/C2=C([O-])C(=C\C3=[N+](CCCCCC)c4ccc(C(=O)O)cc4C3(C)C)/C2=O)C(C)(C)c2cc(C(=O)O)ccc21. The zero-order valence-electron chi connectivity index (χ0n) is 29.1. The van der Waals surface area contributed by atoms with E-state index in [2.05, 4.69) is 23.3 Å². The number of allylic oxidation sites excluding steroid dienone is 5. The number of aromatic carboxylic acids is 2.